The molecule has 0 unspecified atom stereocenters. The lowest BCUT2D eigenvalue weighted by molar-refractivity contribution is -0.686. The average Bonchev–Trinajstić information content (AvgIpc) is 2.04. The zero-order valence-corrected chi connectivity index (χ0v) is 7.87. The van der Waals surface area contributed by atoms with Crippen molar-refractivity contribution in [3.8, 4) is 0 Å². The van der Waals surface area contributed by atoms with Gasteiger partial charge in [0.1, 0.15) is 0 Å². The maximum Gasteiger partial charge on any atom is 0.283 e. The average molecular weight is 199 g/mol. The number of halogens is 1. The minimum absolute atomic E-state index is 0. The van der Waals surface area contributed by atoms with Crippen LogP contribution in [0.5, 0.6) is 0 Å². The summed E-state index contributed by atoms with van der Waals surface area (Å²) in [6.07, 6.45) is 3.48. The van der Waals surface area contributed by atoms with Crippen LogP contribution in [-0.2, 0) is 11.3 Å². The third-order valence-electron chi connectivity index (χ3n) is 1.51. The van der Waals surface area contributed by atoms with E-state index in [-0.39, 0.29) is 24.9 Å². The lowest BCUT2D eigenvalue weighted by Crippen LogP contribution is -3.00. The number of amides is 1. The van der Waals surface area contributed by atoms with Gasteiger partial charge in [-0.1, -0.05) is 6.58 Å². The largest absolute Gasteiger partial charge is 1.00 e. The molecule has 2 N–H and O–H groups in total. The second-order valence-electron chi connectivity index (χ2n) is 2.42. The van der Waals surface area contributed by atoms with Crippen LogP contribution in [-0.4, -0.2) is 5.91 Å². The van der Waals surface area contributed by atoms with Gasteiger partial charge in [-0.2, -0.15) is 4.57 Å². The molecule has 1 heterocycles. The molecular weight excluding hydrogens is 188 g/mol. The monoisotopic (exact) mass is 198 g/mol. The molecule has 0 saturated heterocycles. The lowest BCUT2D eigenvalue weighted by Gasteiger charge is -1.95. The molecule has 3 nitrogen and oxygen atoms in total. The van der Waals surface area contributed by atoms with E-state index in [0.29, 0.717) is 0 Å². The number of pyridine rings is 1. The number of primary amides is 1. The van der Waals surface area contributed by atoms with Gasteiger partial charge < -0.3 is 18.1 Å². The molecule has 70 valence electrons. The molecule has 1 amide bonds. The van der Waals surface area contributed by atoms with Crippen LogP contribution in [0.2, 0.25) is 0 Å². The Morgan fingerprint density at radius 3 is 2.85 bits per heavy atom. The van der Waals surface area contributed by atoms with Crippen molar-refractivity contribution in [3.63, 3.8) is 0 Å². The molecule has 1 aromatic heterocycles. The van der Waals surface area contributed by atoms with Gasteiger partial charge in [0.05, 0.1) is 0 Å². The molecule has 0 radical (unpaired) electrons. The predicted octanol–water partition coefficient (Wildman–Crippen LogP) is -2.89. The van der Waals surface area contributed by atoms with Gasteiger partial charge in [-0.15, -0.1) is 0 Å². The molecule has 0 bridgehead atoms. The Morgan fingerprint density at radius 1 is 1.62 bits per heavy atom. The third kappa shape index (κ3) is 3.25. The van der Waals surface area contributed by atoms with E-state index < -0.39 is 0 Å². The molecule has 0 aliphatic heterocycles. The molecule has 4 heteroatoms. The van der Waals surface area contributed by atoms with Crippen molar-refractivity contribution in [1.82, 2.24) is 0 Å². The predicted molar refractivity (Wildman–Crippen MR) is 45.9 cm³/mol. The summed E-state index contributed by atoms with van der Waals surface area (Å²) < 4.78 is 1.75. The first-order valence-electron chi connectivity index (χ1n) is 3.63. The first-order valence-corrected chi connectivity index (χ1v) is 3.63. The molecule has 13 heavy (non-hydrogen) atoms. The first kappa shape index (κ1) is 11.6. The normalized spacial score (nSPS) is 8.62. The smallest absolute Gasteiger partial charge is 0.283 e. The number of rotatable bonds is 3. The highest BCUT2D eigenvalue weighted by molar-refractivity contribution is 5.72. The van der Waals surface area contributed by atoms with Crippen LogP contribution in [0.25, 0.3) is 6.08 Å². The maximum absolute atomic E-state index is 10.6. The van der Waals surface area contributed by atoms with Crippen molar-refractivity contribution in [2.45, 2.75) is 6.54 Å². The quantitative estimate of drug-likeness (QED) is 0.521. The zero-order valence-electron chi connectivity index (χ0n) is 7.11. The van der Waals surface area contributed by atoms with Crippen LogP contribution in [0.3, 0.4) is 0 Å². The van der Waals surface area contributed by atoms with Gasteiger partial charge in [0.15, 0.2) is 6.20 Å². The summed E-state index contributed by atoms with van der Waals surface area (Å²) in [5.74, 6) is -0.352. The van der Waals surface area contributed by atoms with Crippen LogP contribution < -0.4 is 22.7 Å². The third-order valence-corrected chi connectivity index (χ3v) is 1.51. The summed E-state index contributed by atoms with van der Waals surface area (Å²) >= 11 is 0. The van der Waals surface area contributed by atoms with Crippen LogP contribution in [0.15, 0.2) is 31.0 Å². The van der Waals surface area contributed by atoms with E-state index in [0.717, 1.165) is 5.69 Å². The van der Waals surface area contributed by atoms with Gasteiger partial charge in [-0.3, -0.25) is 4.79 Å². The van der Waals surface area contributed by atoms with E-state index in [9.17, 15) is 4.79 Å². The summed E-state index contributed by atoms with van der Waals surface area (Å²) in [7, 11) is 0. The molecule has 0 aliphatic rings. The highest BCUT2D eigenvalue weighted by Gasteiger charge is 2.07. The molecule has 1 rings (SSSR count). The van der Waals surface area contributed by atoms with Crippen LogP contribution >= 0.6 is 0 Å². The summed E-state index contributed by atoms with van der Waals surface area (Å²) in [5, 5.41) is 0. The van der Waals surface area contributed by atoms with Crippen LogP contribution in [0.1, 0.15) is 5.69 Å². The lowest BCUT2D eigenvalue weighted by atomic mass is 10.3. The van der Waals surface area contributed by atoms with Gasteiger partial charge in [0.2, 0.25) is 12.2 Å². The molecule has 0 atom stereocenters. The molecule has 0 spiro atoms. The fraction of sp³-hybridized carbons (Fsp3) is 0.111. The second kappa shape index (κ2) is 5.32. The number of carbonyl (C=O) groups excluding carboxylic acids is 1. The van der Waals surface area contributed by atoms with Gasteiger partial charge in [-0.25, -0.2) is 0 Å². The number of nitrogens with two attached hydrogens (primary N) is 1. The summed E-state index contributed by atoms with van der Waals surface area (Å²) in [6, 6.07) is 5.60. The molecule has 0 aliphatic carbocycles. The molecule has 0 fully saturated rings. The summed E-state index contributed by atoms with van der Waals surface area (Å²) in [4.78, 5) is 10.6. The van der Waals surface area contributed by atoms with Gasteiger partial charge in [0, 0.05) is 18.2 Å². The summed E-state index contributed by atoms with van der Waals surface area (Å²) in [6.45, 7) is 3.82. The Bertz CT molecular complexity index is 312. The first-order chi connectivity index (χ1) is 5.74. The number of hydrogen-bond donors (Lipinski definition) is 1. The Labute approximate surface area is 83.3 Å². The van der Waals surface area contributed by atoms with Gasteiger partial charge in [0.25, 0.3) is 5.91 Å². The maximum atomic E-state index is 10.6. The number of hydrogen-bond acceptors (Lipinski definition) is 1. The van der Waals surface area contributed by atoms with Crippen molar-refractivity contribution in [1.29, 1.82) is 0 Å². The fourth-order valence-corrected chi connectivity index (χ4v) is 0.987. The van der Waals surface area contributed by atoms with E-state index in [2.05, 4.69) is 6.58 Å². The molecule has 1 aromatic rings. The number of aromatic nitrogens is 1. The highest BCUT2D eigenvalue weighted by atomic mass is 35.5. The summed E-state index contributed by atoms with van der Waals surface area (Å²) in [5.41, 5.74) is 5.94. The Morgan fingerprint density at radius 2 is 2.31 bits per heavy atom. The minimum Gasteiger partial charge on any atom is -1.00 e. The van der Waals surface area contributed by atoms with E-state index >= 15 is 0 Å². The van der Waals surface area contributed by atoms with Gasteiger partial charge in [-0.05, 0) is 6.07 Å². The van der Waals surface area contributed by atoms with Crippen LogP contribution in [0, 0.1) is 0 Å². The van der Waals surface area contributed by atoms with Crippen molar-refractivity contribution in [2.24, 2.45) is 5.73 Å². The van der Waals surface area contributed by atoms with E-state index in [1.807, 2.05) is 18.2 Å². The van der Waals surface area contributed by atoms with Crippen molar-refractivity contribution < 1.29 is 21.8 Å². The number of nitrogens with zero attached hydrogens (tertiary/aromatic N) is 1. The Kier molecular flexibility index (Phi) is 4.77. The zero-order chi connectivity index (χ0) is 8.97. The highest BCUT2D eigenvalue weighted by Crippen LogP contribution is 1.91. The fourth-order valence-electron chi connectivity index (χ4n) is 0.987. The van der Waals surface area contributed by atoms with Crippen LogP contribution in [0.4, 0.5) is 0 Å². The Hall–Kier alpha value is -1.35. The second-order valence-corrected chi connectivity index (χ2v) is 2.42. The van der Waals surface area contributed by atoms with Crippen molar-refractivity contribution in [3.05, 3.63) is 36.7 Å². The SMILES string of the molecule is C=Cc1cccc[n+]1CC(N)=O.[Cl-]. The van der Waals surface area contributed by atoms with Crippen molar-refractivity contribution in [2.75, 3.05) is 0 Å². The minimum atomic E-state index is -0.352. The van der Waals surface area contributed by atoms with E-state index in [1.54, 1.807) is 16.8 Å². The van der Waals surface area contributed by atoms with Crippen molar-refractivity contribution >= 4 is 12.0 Å². The topological polar surface area (TPSA) is 47.0 Å². The molecule has 0 saturated carbocycles. The molecule has 0 aromatic carbocycles. The number of carbonyl (C=O) groups is 1. The van der Waals surface area contributed by atoms with E-state index in [1.165, 1.54) is 0 Å². The van der Waals surface area contributed by atoms with E-state index in [4.69, 9.17) is 5.73 Å². The standard InChI is InChI=1S/C9H10N2O.ClH/c1-2-8-5-3-4-6-11(8)7-9(10)12;/h2-6H,1,7H2,(H-,10,12);1H. The Balaban J connectivity index is 0.00000144. The van der Waals surface area contributed by atoms with Gasteiger partial charge >= 0.3 is 0 Å². The molecular formula is C9H11ClN2O.